The van der Waals surface area contributed by atoms with Crippen LogP contribution in [-0.4, -0.2) is 22.5 Å². The van der Waals surface area contributed by atoms with Crippen molar-refractivity contribution in [2.75, 3.05) is 6.54 Å². The van der Waals surface area contributed by atoms with Crippen molar-refractivity contribution in [3.05, 3.63) is 121 Å². The highest BCUT2D eigenvalue weighted by Crippen LogP contribution is 2.16. The van der Waals surface area contributed by atoms with Gasteiger partial charge >= 0.3 is 0 Å². The zero-order chi connectivity index (χ0) is 20.7. The van der Waals surface area contributed by atoms with E-state index in [0.717, 1.165) is 13.0 Å². The van der Waals surface area contributed by atoms with Gasteiger partial charge in [0.2, 0.25) is 0 Å². The normalized spacial score (nSPS) is 12.4. The van der Waals surface area contributed by atoms with Crippen molar-refractivity contribution >= 4 is 36.7 Å². The molecule has 0 radical (unpaired) electrons. The minimum atomic E-state index is -2.25. The molecule has 4 rings (SSSR count). The molecule has 150 valence electrons. The van der Waals surface area contributed by atoms with E-state index in [-0.39, 0.29) is 0 Å². The molecule has 2 N–H and O–H groups in total. The summed E-state index contributed by atoms with van der Waals surface area (Å²) in [6.45, 7) is 0.749. The molecular formula is C27H29NSi2. The van der Waals surface area contributed by atoms with E-state index < -0.39 is 15.9 Å². The van der Waals surface area contributed by atoms with Gasteiger partial charge < -0.3 is 5.73 Å². The van der Waals surface area contributed by atoms with Crippen molar-refractivity contribution in [1.82, 2.24) is 0 Å². The van der Waals surface area contributed by atoms with Crippen LogP contribution in [0.5, 0.6) is 0 Å². The Morgan fingerprint density at radius 1 is 0.533 bits per heavy atom. The van der Waals surface area contributed by atoms with E-state index in [2.05, 4.69) is 121 Å². The number of hydrogen-bond donors (Lipinski definition) is 1. The van der Waals surface area contributed by atoms with Gasteiger partial charge in [0.25, 0.3) is 0 Å². The molecule has 0 aromatic heterocycles. The Hall–Kier alpha value is -2.73. The lowest BCUT2D eigenvalue weighted by molar-refractivity contribution is 0.925. The van der Waals surface area contributed by atoms with E-state index >= 15 is 0 Å². The molecule has 4 aromatic carbocycles. The first-order valence-electron chi connectivity index (χ1n) is 10.8. The summed E-state index contributed by atoms with van der Waals surface area (Å²) >= 11 is 0. The number of benzene rings is 4. The smallest absolute Gasteiger partial charge is 0.141 e. The number of hydrogen-bond acceptors (Lipinski definition) is 1. The molecular weight excluding hydrogens is 394 g/mol. The highest BCUT2D eigenvalue weighted by molar-refractivity contribution is 7.52. The van der Waals surface area contributed by atoms with Crippen molar-refractivity contribution < 1.29 is 0 Å². The largest absolute Gasteiger partial charge is 0.330 e. The van der Waals surface area contributed by atoms with Gasteiger partial charge in [-0.05, 0) is 13.0 Å². The van der Waals surface area contributed by atoms with Gasteiger partial charge in [0, 0.05) is 0 Å². The molecule has 1 unspecified atom stereocenters. The first-order valence-corrected chi connectivity index (χ1v) is 16.0. The average Bonchev–Trinajstić information content (AvgIpc) is 2.84. The van der Waals surface area contributed by atoms with Crippen LogP contribution in [0.25, 0.3) is 0 Å². The van der Waals surface area contributed by atoms with Crippen LogP contribution < -0.4 is 26.5 Å². The molecule has 0 aliphatic carbocycles. The quantitative estimate of drug-likeness (QED) is 0.342. The molecule has 0 fully saturated rings. The second kappa shape index (κ2) is 9.85. The monoisotopic (exact) mass is 423 g/mol. The molecule has 0 amide bonds. The molecule has 1 nitrogen and oxygen atoms in total. The van der Waals surface area contributed by atoms with E-state index in [1.165, 1.54) is 21.6 Å². The summed E-state index contributed by atoms with van der Waals surface area (Å²) in [6.07, 6.45) is 1.08. The summed E-state index contributed by atoms with van der Waals surface area (Å²) in [7, 11) is -3.73. The second-order valence-electron chi connectivity index (χ2n) is 7.80. The fraction of sp³-hybridized carbons (Fsp3) is 0.111. The van der Waals surface area contributed by atoms with Crippen molar-refractivity contribution in [2.24, 2.45) is 5.73 Å². The molecule has 0 heterocycles. The minimum absolute atomic E-state index is 0.749. The molecule has 0 bridgehead atoms. The van der Waals surface area contributed by atoms with Gasteiger partial charge in [0.1, 0.15) is 7.59 Å². The molecule has 0 saturated heterocycles. The zero-order valence-corrected chi connectivity index (χ0v) is 19.5. The van der Waals surface area contributed by atoms with Crippen LogP contribution in [-0.2, 0) is 0 Å². The van der Waals surface area contributed by atoms with Crippen LogP contribution in [0.4, 0.5) is 0 Å². The van der Waals surface area contributed by atoms with E-state index in [1.54, 1.807) is 5.19 Å². The first-order chi connectivity index (χ1) is 14.9. The summed E-state index contributed by atoms with van der Waals surface area (Å²) in [5.74, 6) is 0. The highest BCUT2D eigenvalue weighted by Gasteiger charge is 2.47. The SMILES string of the molecule is NCCC[SiH](c1ccccc1)[Si](c1ccccc1)(c1ccccc1)c1ccccc1. The van der Waals surface area contributed by atoms with Gasteiger partial charge in [-0.25, -0.2) is 0 Å². The van der Waals surface area contributed by atoms with Crippen LogP contribution in [0, 0.1) is 0 Å². The van der Waals surface area contributed by atoms with Gasteiger partial charge in [0.05, 0.1) is 8.31 Å². The van der Waals surface area contributed by atoms with E-state index in [9.17, 15) is 0 Å². The predicted molar refractivity (Wildman–Crippen MR) is 136 cm³/mol. The van der Waals surface area contributed by atoms with Crippen LogP contribution in [0.2, 0.25) is 6.04 Å². The summed E-state index contributed by atoms with van der Waals surface area (Å²) in [6, 6.07) is 46.4. The highest BCUT2D eigenvalue weighted by atomic mass is 29.2. The fourth-order valence-corrected chi connectivity index (χ4v) is 21.1. The lowest BCUT2D eigenvalue weighted by atomic mass is 10.3. The lowest BCUT2D eigenvalue weighted by Crippen LogP contribution is -2.79. The first kappa shape index (κ1) is 20.5. The van der Waals surface area contributed by atoms with E-state index in [0.29, 0.717) is 0 Å². The second-order valence-corrected chi connectivity index (χ2v) is 18.2. The summed E-state index contributed by atoms with van der Waals surface area (Å²) in [5.41, 5.74) is 6.05. The van der Waals surface area contributed by atoms with Crippen molar-refractivity contribution in [2.45, 2.75) is 12.5 Å². The summed E-state index contributed by atoms with van der Waals surface area (Å²) in [5, 5.41) is 6.09. The van der Waals surface area contributed by atoms with Crippen LogP contribution >= 0.6 is 0 Å². The van der Waals surface area contributed by atoms with E-state index in [1.807, 2.05) is 0 Å². The molecule has 0 aliphatic heterocycles. The summed E-state index contributed by atoms with van der Waals surface area (Å²) in [4.78, 5) is 0. The average molecular weight is 424 g/mol. The van der Waals surface area contributed by atoms with Gasteiger partial charge in [-0.15, -0.1) is 0 Å². The molecule has 4 aromatic rings. The maximum atomic E-state index is 6.05. The third kappa shape index (κ3) is 3.97. The molecule has 3 heteroatoms. The van der Waals surface area contributed by atoms with Crippen LogP contribution in [0.15, 0.2) is 121 Å². The zero-order valence-electron chi connectivity index (χ0n) is 17.3. The van der Waals surface area contributed by atoms with E-state index in [4.69, 9.17) is 5.73 Å². The maximum Gasteiger partial charge on any atom is 0.141 e. The Labute approximate surface area is 182 Å². The van der Waals surface area contributed by atoms with Crippen molar-refractivity contribution in [3.63, 3.8) is 0 Å². The van der Waals surface area contributed by atoms with Crippen LogP contribution in [0.1, 0.15) is 6.42 Å². The predicted octanol–water partition coefficient (Wildman–Crippen LogP) is 2.72. The third-order valence-corrected chi connectivity index (χ3v) is 21.1. The lowest BCUT2D eigenvalue weighted by Gasteiger charge is -2.40. The van der Waals surface area contributed by atoms with Crippen LogP contribution in [0.3, 0.4) is 0 Å². The molecule has 0 aliphatic rings. The molecule has 0 saturated carbocycles. The number of rotatable bonds is 8. The molecule has 1 atom stereocenters. The standard InChI is InChI=1S/C27H29NSi2/c28-22-13-23-29(24-14-5-1-6-15-24)30(25-16-7-2-8-17-25,26-18-9-3-10-19-26)27-20-11-4-12-21-27/h1-12,14-21,29H,13,22-23,28H2. The van der Waals surface area contributed by atoms with Gasteiger partial charge in [0.15, 0.2) is 0 Å². The van der Waals surface area contributed by atoms with Crippen molar-refractivity contribution in [3.8, 4) is 0 Å². The topological polar surface area (TPSA) is 26.0 Å². The molecule has 30 heavy (non-hydrogen) atoms. The van der Waals surface area contributed by atoms with Crippen molar-refractivity contribution in [1.29, 1.82) is 0 Å². The Balaban J connectivity index is 2.07. The Morgan fingerprint density at radius 2 is 0.900 bits per heavy atom. The maximum absolute atomic E-state index is 6.05. The summed E-state index contributed by atoms with van der Waals surface area (Å²) < 4.78 is 0. The number of nitrogens with two attached hydrogens (primary N) is 1. The van der Waals surface area contributed by atoms with Gasteiger partial charge in [-0.2, -0.15) is 0 Å². The Bertz CT molecular complexity index is 925. The third-order valence-electron chi connectivity index (χ3n) is 6.11. The Kier molecular flexibility index (Phi) is 6.75. The minimum Gasteiger partial charge on any atom is -0.330 e. The van der Waals surface area contributed by atoms with Gasteiger partial charge in [-0.1, -0.05) is 148 Å². The van der Waals surface area contributed by atoms with Gasteiger partial charge in [-0.3, -0.25) is 0 Å². The molecule has 0 spiro atoms. The fourth-order valence-electron chi connectivity index (χ4n) is 4.85. The Morgan fingerprint density at radius 3 is 1.27 bits per heavy atom.